The zero-order chi connectivity index (χ0) is 16.5. The maximum atomic E-state index is 12.2. The summed E-state index contributed by atoms with van der Waals surface area (Å²) in [7, 11) is 0. The third-order valence-electron chi connectivity index (χ3n) is 3.96. The molecule has 1 saturated carbocycles. The first-order valence-corrected chi connectivity index (χ1v) is 7.99. The molecular weight excluding hydrogens is 292 g/mol. The zero-order valence-electron chi connectivity index (χ0n) is 13.1. The summed E-state index contributed by atoms with van der Waals surface area (Å²) in [6.45, 7) is -0.156. The lowest BCUT2D eigenvalue weighted by Crippen LogP contribution is -2.48. The lowest BCUT2D eigenvalue weighted by Gasteiger charge is -2.25. The SMILES string of the molecule is O=CCN(NC(=O)C1CCCCC1)C(=O)/C=C/c1ccccc1. The number of rotatable bonds is 5. The van der Waals surface area contributed by atoms with E-state index in [4.69, 9.17) is 0 Å². The molecule has 5 heteroatoms. The van der Waals surface area contributed by atoms with Crippen molar-refractivity contribution in [2.24, 2.45) is 5.92 Å². The van der Waals surface area contributed by atoms with Crippen molar-refractivity contribution < 1.29 is 14.4 Å². The normalized spacial score (nSPS) is 15.3. The molecule has 0 spiro atoms. The van der Waals surface area contributed by atoms with Gasteiger partial charge in [0.2, 0.25) is 5.91 Å². The lowest BCUT2D eigenvalue weighted by atomic mass is 9.89. The van der Waals surface area contributed by atoms with Gasteiger partial charge >= 0.3 is 0 Å². The summed E-state index contributed by atoms with van der Waals surface area (Å²) >= 11 is 0. The molecule has 1 aliphatic carbocycles. The molecule has 1 aromatic rings. The number of nitrogens with one attached hydrogen (secondary N) is 1. The Morgan fingerprint density at radius 2 is 1.83 bits per heavy atom. The minimum absolute atomic E-state index is 0.0659. The molecule has 2 rings (SSSR count). The quantitative estimate of drug-likeness (QED) is 0.515. The second kappa shape index (κ2) is 8.88. The topological polar surface area (TPSA) is 66.5 Å². The highest BCUT2D eigenvalue weighted by atomic mass is 16.2. The summed E-state index contributed by atoms with van der Waals surface area (Å²) in [5.41, 5.74) is 3.47. The molecule has 5 nitrogen and oxygen atoms in total. The lowest BCUT2D eigenvalue weighted by molar-refractivity contribution is -0.141. The first-order valence-electron chi connectivity index (χ1n) is 7.99. The molecule has 0 saturated heterocycles. The van der Waals surface area contributed by atoms with Gasteiger partial charge in [-0.05, 0) is 24.5 Å². The van der Waals surface area contributed by atoms with Crippen molar-refractivity contribution in [1.82, 2.24) is 10.4 Å². The van der Waals surface area contributed by atoms with Gasteiger partial charge in [0.25, 0.3) is 5.91 Å². The van der Waals surface area contributed by atoms with Gasteiger partial charge in [0, 0.05) is 12.0 Å². The summed E-state index contributed by atoms with van der Waals surface area (Å²) in [6.07, 6.45) is 8.54. The van der Waals surface area contributed by atoms with Crippen LogP contribution in [0.2, 0.25) is 0 Å². The van der Waals surface area contributed by atoms with E-state index in [1.54, 1.807) is 6.08 Å². The van der Waals surface area contributed by atoms with Crippen LogP contribution < -0.4 is 5.43 Å². The number of nitrogens with zero attached hydrogens (tertiary/aromatic N) is 1. The van der Waals surface area contributed by atoms with E-state index in [1.807, 2.05) is 30.3 Å². The van der Waals surface area contributed by atoms with Crippen molar-refractivity contribution in [1.29, 1.82) is 0 Å². The van der Waals surface area contributed by atoms with Gasteiger partial charge in [-0.15, -0.1) is 0 Å². The number of aldehydes is 1. The second-order valence-corrected chi connectivity index (χ2v) is 5.67. The molecule has 0 bridgehead atoms. The average molecular weight is 314 g/mol. The van der Waals surface area contributed by atoms with Crippen molar-refractivity contribution in [2.45, 2.75) is 32.1 Å². The largest absolute Gasteiger partial charge is 0.301 e. The first-order chi connectivity index (χ1) is 11.2. The van der Waals surface area contributed by atoms with Gasteiger partial charge in [-0.1, -0.05) is 49.6 Å². The van der Waals surface area contributed by atoms with E-state index in [0.717, 1.165) is 42.7 Å². The third kappa shape index (κ3) is 5.36. The van der Waals surface area contributed by atoms with Crippen LogP contribution in [0.3, 0.4) is 0 Å². The van der Waals surface area contributed by atoms with Crippen LogP contribution in [0.25, 0.3) is 6.08 Å². The Bertz CT molecular complexity index is 563. The monoisotopic (exact) mass is 314 g/mol. The molecule has 0 unspecified atom stereocenters. The number of benzene rings is 1. The van der Waals surface area contributed by atoms with Crippen LogP contribution in [0.5, 0.6) is 0 Å². The van der Waals surface area contributed by atoms with Crippen LogP contribution in [0, 0.1) is 5.92 Å². The van der Waals surface area contributed by atoms with Gasteiger partial charge in [-0.25, -0.2) is 5.01 Å². The molecule has 1 fully saturated rings. The standard InChI is InChI=1S/C18H22N2O3/c21-14-13-20(19-18(23)16-9-5-2-6-10-16)17(22)12-11-15-7-3-1-4-8-15/h1,3-4,7-8,11-12,14,16H,2,5-6,9-10,13H2,(H,19,23)/b12-11+. The Hall–Kier alpha value is -2.43. The zero-order valence-corrected chi connectivity index (χ0v) is 13.1. The highest BCUT2D eigenvalue weighted by Crippen LogP contribution is 2.23. The molecule has 0 aliphatic heterocycles. The number of amides is 2. The van der Waals surface area contributed by atoms with Crippen LogP contribution in [0.1, 0.15) is 37.7 Å². The highest BCUT2D eigenvalue weighted by molar-refractivity contribution is 5.94. The summed E-state index contributed by atoms with van der Waals surface area (Å²) in [6, 6.07) is 9.38. The molecule has 1 aliphatic rings. The number of carbonyl (C=O) groups excluding carboxylic acids is 3. The van der Waals surface area contributed by atoms with Gasteiger partial charge in [-0.2, -0.15) is 0 Å². The van der Waals surface area contributed by atoms with Gasteiger partial charge in [0.1, 0.15) is 6.29 Å². The van der Waals surface area contributed by atoms with Crippen molar-refractivity contribution >= 4 is 24.2 Å². The fourth-order valence-electron chi connectivity index (χ4n) is 2.68. The maximum Gasteiger partial charge on any atom is 0.265 e. The van der Waals surface area contributed by atoms with E-state index >= 15 is 0 Å². The van der Waals surface area contributed by atoms with E-state index in [-0.39, 0.29) is 18.4 Å². The van der Waals surface area contributed by atoms with Crippen LogP contribution >= 0.6 is 0 Å². The molecule has 23 heavy (non-hydrogen) atoms. The fourth-order valence-corrected chi connectivity index (χ4v) is 2.68. The second-order valence-electron chi connectivity index (χ2n) is 5.67. The van der Waals surface area contributed by atoms with Gasteiger partial charge in [-0.3, -0.25) is 15.0 Å². The van der Waals surface area contributed by atoms with Crippen molar-refractivity contribution in [3.63, 3.8) is 0 Å². The summed E-state index contributed by atoms with van der Waals surface area (Å²) in [4.78, 5) is 35.2. The Morgan fingerprint density at radius 1 is 1.13 bits per heavy atom. The Kier molecular flexibility index (Phi) is 6.54. The predicted octanol–water partition coefficient (Wildman–Crippen LogP) is 2.34. The van der Waals surface area contributed by atoms with E-state index in [9.17, 15) is 14.4 Å². The third-order valence-corrected chi connectivity index (χ3v) is 3.96. The number of hydrogen-bond donors (Lipinski definition) is 1. The van der Waals surface area contributed by atoms with E-state index in [2.05, 4.69) is 5.43 Å². The molecule has 122 valence electrons. The van der Waals surface area contributed by atoms with Gasteiger partial charge in [0.05, 0.1) is 6.54 Å². The van der Waals surface area contributed by atoms with Crippen molar-refractivity contribution in [2.75, 3.05) is 6.54 Å². The average Bonchev–Trinajstić information content (AvgIpc) is 2.61. The molecular formula is C18H22N2O3. The van der Waals surface area contributed by atoms with E-state index in [1.165, 1.54) is 6.08 Å². The predicted molar refractivity (Wildman–Crippen MR) is 88.0 cm³/mol. The molecule has 0 atom stereocenters. The van der Waals surface area contributed by atoms with Gasteiger partial charge in [0.15, 0.2) is 0 Å². The smallest absolute Gasteiger partial charge is 0.265 e. The fraction of sp³-hybridized carbons (Fsp3) is 0.389. The Balaban J connectivity index is 1.96. The number of hydrogen-bond acceptors (Lipinski definition) is 3. The van der Waals surface area contributed by atoms with E-state index in [0.29, 0.717) is 6.29 Å². The van der Waals surface area contributed by atoms with Crippen LogP contribution in [0.15, 0.2) is 36.4 Å². The minimum atomic E-state index is -0.412. The number of hydrazine groups is 1. The van der Waals surface area contributed by atoms with Gasteiger partial charge < -0.3 is 4.79 Å². The van der Waals surface area contributed by atoms with Crippen molar-refractivity contribution in [3.8, 4) is 0 Å². The Labute approximate surface area is 136 Å². The van der Waals surface area contributed by atoms with Crippen LogP contribution in [-0.4, -0.2) is 29.7 Å². The maximum absolute atomic E-state index is 12.2. The minimum Gasteiger partial charge on any atom is -0.301 e. The summed E-state index contributed by atoms with van der Waals surface area (Å²) in [5.74, 6) is -0.651. The molecule has 0 aromatic heterocycles. The summed E-state index contributed by atoms with van der Waals surface area (Å²) < 4.78 is 0. The molecule has 1 aromatic carbocycles. The molecule has 0 radical (unpaired) electrons. The molecule has 1 N–H and O–H groups in total. The van der Waals surface area contributed by atoms with Crippen LogP contribution in [-0.2, 0) is 14.4 Å². The van der Waals surface area contributed by atoms with Crippen molar-refractivity contribution in [3.05, 3.63) is 42.0 Å². The first kappa shape index (κ1) is 16.9. The Morgan fingerprint density at radius 3 is 2.48 bits per heavy atom. The molecule has 0 heterocycles. The highest BCUT2D eigenvalue weighted by Gasteiger charge is 2.23. The van der Waals surface area contributed by atoms with E-state index < -0.39 is 5.91 Å². The number of carbonyl (C=O) groups is 3. The molecule has 2 amide bonds. The summed E-state index contributed by atoms with van der Waals surface area (Å²) in [5, 5.41) is 1.07. The van der Waals surface area contributed by atoms with Crippen LogP contribution in [0.4, 0.5) is 0 Å².